The fourth-order valence-corrected chi connectivity index (χ4v) is 1.08. The molecule has 0 rings (SSSR count). The zero-order valence-electron chi connectivity index (χ0n) is 5.89. The van der Waals surface area contributed by atoms with Crippen molar-refractivity contribution in [2.75, 3.05) is 13.1 Å². The predicted octanol–water partition coefficient (Wildman–Crippen LogP) is 0.955. The van der Waals surface area contributed by atoms with Crippen LogP contribution in [0.2, 0.25) is 0 Å². The first kappa shape index (κ1) is 12.9. The second-order valence-corrected chi connectivity index (χ2v) is 2.60. The Morgan fingerprint density at radius 3 is 1.67 bits per heavy atom. The van der Waals surface area contributed by atoms with Crippen LogP contribution >= 0.6 is 12.6 Å². The second-order valence-electron chi connectivity index (χ2n) is 1.85. The molecular formula is C6H16NNaS. The van der Waals surface area contributed by atoms with E-state index in [1.165, 1.54) is 0 Å². The minimum absolute atomic E-state index is 0. The Morgan fingerprint density at radius 2 is 1.67 bits per heavy atom. The van der Waals surface area contributed by atoms with Crippen LogP contribution in [0.3, 0.4) is 0 Å². The third-order valence-corrected chi connectivity index (χ3v) is 1.67. The van der Waals surface area contributed by atoms with Gasteiger partial charge < -0.3 is 0 Å². The van der Waals surface area contributed by atoms with Crippen molar-refractivity contribution in [3.05, 3.63) is 0 Å². The van der Waals surface area contributed by atoms with Gasteiger partial charge in [-0.05, 0) is 20.0 Å². The van der Waals surface area contributed by atoms with Gasteiger partial charge in [-0.3, -0.25) is 4.90 Å². The standard InChI is InChI=1S/C6H15NS.Na.H/c1-4-7(5-2)6(3)8;;/h6,8H,4-5H2,1-3H3;;. The molecule has 0 bridgehead atoms. The maximum absolute atomic E-state index is 4.28. The molecule has 0 amide bonds. The Balaban J connectivity index is 0. The normalized spacial score (nSPS) is 13.0. The van der Waals surface area contributed by atoms with Crippen LogP contribution < -0.4 is 0 Å². The first-order chi connectivity index (χ1) is 3.72. The Kier molecular flexibility index (Phi) is 10.7. The second kappa shape index (κ2) is 7.42. The molecule has 0 radical (unpaired) electrons. The summed E-state index contributed by atoms with van der Waals surface area (Å²) in [5.74, 6) is 0. The first-order valence-electron chi connectivity index (χ1n) is 3.14. The summed E-state index contributed by atoms with van der Waals surface area (Å²) >= 11 is 4.28. The Morgan fingerprint density at radius 1 is 1.33 bits per heavy atom. The van der Waals surface area contributed by atoms with Gasteiger partial charge in [-0.25, -0.2) is 0 Å². The van der Waals surface area contributed by atoms with E-state index < -0.39 is 0 Å². The molecule has 0 aliphatic carbocycles. The molecule has 9 heavy (non-hydrogen) atoms. The van der Waals surface area contributed by atoms with Crippen LogP contribution in [0.4, 0.5) is 0 Å². The van der Waals surface area contributed by atoms with Gasteiger partial charge in [0.15, 0.2) is 0 Å². The van der Waals surface area contributed by atoms with Crippen molar-refractivity contribution >= 4 is 42.2 Å². The molecule has 0 aliphatic heterocycles. The third-order valence-electron chi connectivity index (χ3n) is 1.34. The molecule has 0 heterocycles. The van der Waals surface area contributed by atoms with Gasteiger partial charge in [0.05, 0.1) is 0 Å². The molecule has 0 aromatic rings. The average molecular weight is 157 g/mol. The minimum atomic E-state index is 0. The van der Waals surface area contributed by atoms with E-state index in [4.69, 9.17) is 0 Å². The third kappa shape index (κ3) is 5.74. The quantitative estimate of drug-likeness (QED) is 0.363. The van der Waals surface area contributed by atoms with Crippen LogP contribution in [0.25, 0.3) is 0 Å². The maximum atomic E-state index is 4.28. The van der Waals surface area contributed by atoms with Gasteiger partial charge in [0, 0.05) is 5.37 Å². The molecule has 0 saturated heterocycles. The van der Waals surface area contributed by atoms with E-state index in [0.29, 0.717) is 5.37 Å². The molecular weight excluding hydrogens is 141 g/mol. The number of rotatable bonds is 3. The Labute approximate surface area is 85.9 Å². The SMILES string of the molecule is CCN(CC)C(C)S.[NaH]. The molecule has 1 nitrogen and oxygen atoms in total. The van der Waals surface area contributed by atoms with Crippen molar-refractivity contribution in [3.8, 4) is 0 Å². The summed E-state index contributed by atoms with van der Waals surface area (Å²) in [6, 6.07) is 0. The summed E-state index contributed by atoms with van der Waals surface area (Å²) in [6.07, 6.45) is 0. The van der Waals surface area contributed by atoms with Crippen molar-refractivity contribution in [1.29, 1.82) is 0 Å². The summed E-state index contributed by atoms with van der Waals surface area (Å²) in [5, 5.41) is 0.407. The van der Waals surface area contributed by atoms with E-state index in [1.807, 2.05) is 0 Å². The van der Waals surface area contributed by atoms with Crippen molar-refractivity contribution in [2.24, 2.45) is 0 Å². The topological polar surface area (TPSA) is 3.24 Å². The molecule has 0 saturated carbocycles. The summed E-state index contributed by atoms with van der Waals surface area (Å²) in [6.45, 7) is 8.59. The van der Waals surface area contributed by atoms with E-state index in [2.05, 4.69) is 38.3 Å². The van der Waals surface area contributed by atoms with E-state index in [-0.39, 0.29) is 29.6 Å². The van der Waals surface area contributed by atoms with Gasteiger partial charge in [-0.1, -0.05) is 13.8 Å². The van der Waals surface area contributed by atoms with Gasteiger partial charge in [-0.15, -0.1) is 0 Å². The number of hydrogen-bond donors (Lipinski definition) is 1. The molecule has 1 unspecified atom stereocenters. The fraction of sp³-hybridized carbons (Fsp3) is 1.00. The molecule has 0 aliphatic rings. The van der Waals surface area contributed by atoms with Crippen LogP contribution in [0, 0.1) is 0 Å². The van der Waals surface area contributed by atoms with Crippen LogP contribution in [0.15, 0.2) is 0 Å². The molecule has 0 aromatic heterocycles. The van der Waals surface area contributed by atoms with Crippen molar-refractivity contribution < 1.29 is 0 Å². The number of hydrogen-bond acceptors (Lipinski definition) is 2. The predicted molar refractivity (Wildman–Crippen MR) is 48.5 cm³/mol. The Hall–Kier alpha value is 1.31. The summed E-state index contributed by atoms with van der Waals surface area (Å²) < 4.78 is 0. The summed E-state index contributed by atoms with van der Waals surface area (Å²) in [7, 11) is 0. The monoisotopic (exact) mass is 157 g/mol. The van der Waals surface area contributed by atoms with E-state index in [0.717, 1.165) is 13.1 Å². The summed E-state index contributed by atoms with van der Waals surface area (Å²) in [5.41, 5.74) is 0. The molecule has 0 N–H and O–H groups in total. The van der Waals surface area contributed by atoms with E-state index in [9.17, 15) is 0 Å². The molecule has 3 heteroatoms. The first-order valence-corrected chi connectivity index (χ1v) is 3.66. The zero-order valence-corrected chi connectivity index (χ0v) is 6.78. The number of thiol groups is 1. The van der Waals surface area contributed by atoms with Gasteiger partial charge in [0.1, 0.15) is 0 Å². The average Bonchev–Trinajstić information content (AvgIpc) is 1.69. The molecule has 52 valence electrons. The fourth-order valence-electron chi connectivity index (χ4n) is 0.752. The van der Waals surface area contributed by atoms with Gasteiger partial charge in [-0.2, -0.15) is 12.6 Å². The van der Waals surface area contributed by atoms with Crippen LogP contribution in [0.5, 0.6) is 0 Å². The van der Waals surface area contributed by atoms with Crippen LogP contribution in [-0.4, -0.2) is 52.9 Å². The molecule has 0 fully saturated rings. The van der Waals surface area contributed by atoms with Crippen molar-refractivity contribution in [1.82, 2.24) is 4.90 Å². The van der Waals surface area contributed by atoms with Crippen LogP contribution in [-0.2, 0) is 0 Å². The van der Waals surface area contributed by atoms with E-state index in [1.54, 1.807) is 0 Å². The molecule has 0 aromatic carbocycles. The molecule has 1 atom stereocenters. The Bertz CT molecular complexity index is 55.0. The van der Waals surface area contributed by atoms with Gasteiger partial charge in [0.2, 0.25) is 0 Å². The zero-order chi connectivity index (χ0) is 6.57. The number of nitrogens with zero attached hydrogens (tertiary/aromatic N) is 1. The summed E-state index contributed by atoms with van der Waals surface area (Å²) in [4.78, 5) is 2.28. The van der Waals surface area contributed by atoms with Gasteiger partial charge >= 0.3 is 29.6 Å². The van der Waals surface area contributed by atoms with Crippen molar-refractivity contribution in [3.63, 3.8) is 0 Å². The molecule has 0 spiro atoms. The van der Waals surface area contributed by atoms with E-state index >= 15 is 0 Å². The van der Waals surface area contributed by atoms with Gasteiger partial charge in [0.25, 0.3) is 0 Å². The van der Waals surface area contributed by atoms with Crippen LogP contribution in [0.1, 0.15) is 20.8 Å². The van der Waals surface area contributed by atoms with Crippen molar-refractivity contribution in [2.45, 2.75) is 26.1 Å².